The van der Waals surface area contributed by atoms with Gasteiger partial charge in [0.15, 0.2) is 0 Å². The van der Waals surface area contributed by atoms with Crippen molar-refractivity contribution in [3.8, 4) is 6.07 Å². The van der Waals surface area contributed by atoms with E-state index in [1.807, 2.05) is 6.07 Å². The molecule has 0 saturated heterocycles. The fraction of sp³-hybridized carbons (Fsp3) is 0.200. The molecule has 78 valence electrons. The van der Waals surface area contributed by atoms with Crippen LogP contribution < -0.4 is 5.73 Å². The van der Waals surface area contributed by atoms with Gasteiger partial charge in [-0.3, -0.25) is 0 Å². The maximum absolute atomic E-state index is 11.3. The highest BCUT2D eigenvalue weighted by atomic mass is 35.5. The molecule has 0 fully saturated rings. The smallest absolute Gasteiger partial charge is 0.339 e. The largest absolute Gasteiger partial charge is 0.465 e. The Balaban J connectivity index is 3.43. The van der Waals surface area contributed by atoms with Crippen molar-refractivity contribution in [1.29, 1.82) is 5.26 Å². The SMILES string of the molecule is COC(=O)c1cc(Cl)cc(CN)c1C#N. The van der Waals surface area contributed by atoms with Gasteiger partial charge >= 0.3 is 5.97 Å². The molecule has 0 aromatic heterocycles. The van der Waals surface area contributed by atoms with E-state index in [1.165, 1.54) is 13.2 Å². The van der Waals surface area contributed by atoms with Crippen molar-refractivity contribution in [1.82, 2.24) is 0 Å². The van der Waals surface area contributed by atoms with Gasteiger partial charge in [0.2, 0.25) is 0 Å². The number of ether oxygens (including phenoxy) is 1. The Morgan fingerprint density at radius 3 is 2.80 bits per heavy atom. The van der Waals surface area contributed by atoms with Crippen LogP contribution in [-0.4, -0.2) is 13.1 Å². The fourth-order valence-corrected chi connectivity index (χ4v) is 1.47. The molecule has 1 aromatic rings. The minimum Gasteiger partial charge on any atom is -0.465 e. The molecule has 0 aliphatic rings. The van der Waals surface area contributed by atoms with E-state index in [0.29, 0.717) is 10.6 Å². The summed E-state index contributed by atoms with van der Waals surface area (Å²) in [5, 5.41) is 9.27. The molecule has 15 heavy (non-hydrogen) atoms. The Hall–Kier alpha value is -1.57. The van der Waals surface area contributed by atoms with Crippen LogP contribution in [0.5, 0.6) is 0 Å². The van der Waals surface area contributed by atoms with Crippen LogP contribution in [0.4, 0.5) is 0 Å². The topological polar surface area (TPSA) is 76.1 Å². The summed E-state index contributed by atoms with van der Waals surface area (Å²) in [6, 6.07) is 4.87. The number of hydrogen-bond acceptors (Lipinski definition) is 4. The predicted octanol–water partition coefficient (Wildman–Crippen LogP) is 1.46. The lowest BCUT2D eigenvalue weighted by atomic mass is 10.0. The third-order valence-electron chi connectivity index (χ3n) is 1.92. The molecule has 0 aliphatic carbocycles. The quantitative estimate of drug-likeness (QED) is 0.772. The molecule has 2 N–H and O–H groups in total. The number of carbonyl (C=O) groups is 1. The molecule has 0 atom stereocenters. The average Bonchev–Trinajstić information content (AvgIpc) is 2.26. The first kappa shape index (κ1) is 11.5. The molecule has 0 radical (unpaired) electrons. The van der Waals surface area contributed by atoms with Gasteiger partial charge in [-0.1, -0.05) is 11.6 Å². The number of hydrogen-bond donors (Lipinski definition) is 1. The molecule has 1 rings (SSSR count). The van der Waals surface area contributed by atoms with Crippen LogP contribution in [0.3, 0.4) is 0 Å². The van der Waals surface area contributed by atoms with Crippen LogP contribution in [-0.2, 0) is 11.3 Å². The van der Waals surface area contributed by atoms with Crippen molar-refractivity contribution in [2.45, 2.75) is 6.54 Å². The number of rotatable bonds is 2. The van der Waals surface area contributed by atoms with Gasteiger partial charge < -0.3 is 10.5 Å². The first-order chi connectivity index (χ1) is 7.13. The minimum absolute atomic E-state index is 0.146. The van der Waals surface area contributed by atoms with E-state index in [0.717, 1.165) is 0 Å². The van der Waals surface area contributed by atoms with Crippen LogP contribution >= 0.6 is 11.6 Å². The lowest BCUT2D eigenvalue weighted by Crippen LogP contribution is -2.09. The molecule has 0 spiro atoms. The van der Waals surface area contributed by atoms with Gasteiger partial charge in [0.05, 0.1) is 18.2 Å². The number of methoxy groups -OCH3 is 1. The van der Waals surface area contributed by atoms with E-state index in [9.17, 15) is 4.79 Å². The monoisotopic (exact) mass is 224 g/mol. The lowest BCUT2D eigenvalue weighted by Gasteiger charge is -2.07. The maximum atomic E-state index is 11.3. The first-order valence-electron chi connectivity index (χ1n) is 4.15. The molecule has 0 bridgehead atoms. The number of benzene rings is 1. The summed E-state index contributed by atoms with van der Waals surface area (Å²) in [7, 11) is 1.24. The van der Waals surface area contributed by atoms with E-state index in [4.69, 9.17) is 22.6 Å². The van der Waals surface area contributed by atoms with Crippen molar-refractivity contribution in [2.75, 3.05) is 7.11 Å². The summed E-state index contributed by atoms with van der Waals surface area (Å²) >= 11 is 5.79. The zero-order chi connectivity index (χ0) is 11.4. The van der Waals surface area contributed by atoms with Crippen LogP contribution in [0.2, 0.25) is 5.02 Å². The second-order valence-corrected chi connectivity index (χ2v) is 3.23. The van der Waals surface area contributed by atoms with Gasteiger partial charge in [0, 0.05) is 11.6 Å². The third kappa shape index (κ3) is 2.27. The van der Waals surface area contributed by atoms with Gasteiger partial charge in [-0.05, 0) is 17.7 Å². The summed E-state index contributed by atoms with van der Waals surface area (Å²) in [6.45, 7) is 0.146. The number of nitriles is 1. The van der Waals surface area contributed by atoms with Crippen molar-refractivity contribution in [2.24, 2.45) is 5.73 Å². The lowest BCUT2D eigenvalue weighted by molar-refractivity contribution is 0.0600. The second kappa shape index (κ2) is 4.78. The number of nitrogens with zero attached hydrogens (tertiary/aromatic N) is 1. The molecular formula is C10H9ClN2O2. The van der Waals surface area contributed by atoms with Crippen molar-refractivity contribution in [3.05, 3.63) is 33.8 Å². The van der Waals surface area contributed by atoms with Crippen LogP contribution in [0.15, 0.2) is 12.1 Å². The standard InChI is InChI=1S/C10H9ClN2O2/c1-15-10(14)8-3-7(11)2-6(4-12)9(8)5-13/h2-3H,4,12H2,1H3. The van der Waals surface area contributed by atoms with Crippen molar-refractivity contribution in [3.63, 3.8) is 0 Å². The highest BCUT2D eigenvalue weighted by Gasteiger charge is 2.16. The summed E-state index contributed by atoms with van der Waals surface area (Å²) in [5.41, 5.74) is 6.34. The Labute approximate surface area is 92.2 Å². The summed E-state index contributed by atoms with van der Waals surface area (Å²) in [6.07, 6.45) is 0. The van der Waals surface area contributed by atoms with Gasteiger partial charge in [-0.25, -0.2) is 4.79 Å². The van der Waals surface area contributed by atoms with Gasteiger partial charge in [0.1, 0.15) is 6.07 Å². The normalized spacial score (nSPS) is 9.47. The van der Waals surface area contributed by atoms with E-state index < -0.39 is 5.97 Å². The van der Waals surface area contributed by atoms with E-state index in [-0.39, 0.29) is 17.7 Å². The molecule has 0 saturated carbocycles. The maximum Gasteiger partial charge on any atom is 0.339 e. The summed E-state index contributed by atoms with van der Waals surface area (Å²) < 4.78 is 4.54. The van der Waals surface area contributed by atoms with Crippen LogP contribution in [0, 0.1) is 11.3 Å². The molecule has 0 heterocycles. The molecular weight excluding hydrogens is 216 g/mol. The highest BCUT2D eigenvalue weighted by molar-refractivity contribution is 6.31. The minimum atomic E-state index is -0.594. The van der Waals surface area contributed by atoms with E-state index in [2.05, 4.69) is 4.74 Å². The number of carbonyl (C=O) groups excluding carboxylic acids is 1. The second-order valence-electron chi connectivity index (χ2n) is 2.79. The molecule has 1 aromatic carbocycles. The molecule has 5 heteroatoms. The summed E-state index contributed by atoms with van der Waals surface area (Å²) in [4.78, 5) is 11.3. The van der Waals surface area contributed by atoms with Crippen molar-refractivity contribution < 1.29 is 9.53 Å². The Morgan fingerprint density at radius 1 is 1.67 bits per heavy atom. The Morgan fingerprint density at radius 2 is 2.33 bits per heavy atom. The zero-order valence-electron chi connectivity index (χ0n) is 8.08. The Bertz CT molecular complexity index is 438. The van der Waals surface area contributed by atoms with E-state index in [1.54, 1.807) is 6.07 Å². The Kier molecular flexibility index (Phi) is 3.67. The summed E-state index contributed by atoms with van der Waals surface area (Å²) in [5.74, 6) is -0.594. The van der Waals surface area contributed by atoms with Gasteiger partial charge in [-0.2, -0.15) is 5.26 Å². The molecule has 0 unspecified atom stereocenters. The van der Waals surface area contributed by atoms with Crippen molar-refractivity contribution >= 4 is 17.6 Å². The van der Waals surface area contributed by atoms with Crippen LogP contribution in [0.1, 0.15) is 21.5 Å². The predicted molar refractivity (Wildman–Crippen MR) is 55.4 cm³/mol. The van der Waals surface area contributed by atoms with Gasteiger partial charge in [-0.15, -0.1) is 0 Å². The third-order valence-corrected chi connectivity index (χ3v) is 2.14. The van der Waals surface area contributed by atoms with E-state index >= 15 is 0 Å². The van der Waals surface area contributed by atoms with Gasteiger partial charge in [0.25, 0.3) is 0 Å². The number of halogens is 1. The molecule has 4 nitrogen and oxygen atoms in total. The molecule has 0 aliphatic heterocycles. The molecule has 0 amide bonds. The average molecular weight is 225 g/mol. The number of nitrogens with two attached hydrogens (primary N) is 1. The first-order valence-corrected chi connectivity index (χ1v) is 4.52. The van der Waals surface area contributed by atoms with Crippen LogP contribution in [0.25, 0.3) is 0 Å². The highest BCUT2D eigenvalue weighted by Crippen LogP contribution is 2.21. The number of esters is 1. The zero-order valence-corrected chi connectivity index (χ0v) is 8.84. The fourth-order valence-electron chi connectivity index (χ4n) is 1.23.